The van der Waals surface area contributed by atoms with Crippen LogP contribution in [0.5, 0.6) is 0 Å². The van der Waals surface area contributed by atoms with Gasteiger partial charge in [0.05, 0.1) is 0 Å². The standard InChI is InChI=1S/C51H31N3OS/c1-4-12-32(13-5-1)33-22-24-36(25-23-33)50-52-49(35-16-8-3-9-17-35)53-51(54-50)38-27-29-42-41-28-26-37(30-44(41)55-45(42)31-38)40-19-10-20-43-47-39(34-14-6-2-7-15-34)18-11-21-46(47)56-48(40)43/h1-31H. The molecule has 0 saturated heterocycles. The van der Waals surface area contributed by atoms with Gasteiger partial charge in [-0.2, -0.15) is 0 Å². The fourth-order valence-electron chi connectivity index (χ4n) is 7.81. The first-order valence-corrected chi connectivity index (χ1v) is 19.5. The van der Waals surface area contributed by atoms with Crippen LogP contribution < -0.4 is 0 Å². The highest BCUT2D eigenvalue weighted by Crippen LogP contribution is 2.44. The van der Waals surface area contributed by atoms with E-state index in [1.54, 1.807) is 0 Å². The first-order chi connectivity index (χ1) is 27.7. The maximum Gasteiger partial charge on any atom is 0.164 e. The maximum absolute atomic E-state index is 6.64. The van der Waals surface area contributed by atoms with Crippen molar-refractivity contribution in [2.75, 3.05) is 0 Å². The van der Waals surface area contributed by atoms with E-state index in [1.807, 2.05) is 47.7 Å². The van der Waals surface area contributed by atoms with Crippen LogP contribution in [0.15, 0.2) is 192 Å². The van der Waals surface area contributed by atoms with E-state index in [1.165, 1.54) is 42.4 Å². The molecule has 56 heavy (non-hydrogen) atoms. The zero-order valence-corrected chi connectivity index (χ0v) is 30.9. The smallest absolute Gasteiger partial charge is 0.164 e. The fourth-order valence-corrected chi connectivity index (χ4v) is 9.07. The van der Waals surface area contributed by atoms with E-state index in [0.717, 1.165) is 49.8 Å². The molecule has 11 rings (SSSR count). The van der Waals surface area contributed by atoms with Crippen LogP contribution in [0.2, 0.25) is 0 Å². The summed E-state index contributed by atoms with van der Waals surface area (Å²) in [7, 11) is 0. The molecule has 4 nitrogen and oxygen atoms in total. The van der Waals surface area contributed by atoms with Crippen LogP contribution in [0.4, 0.5) is 0 Å². The number of hydrogen-bond acceptors (Lipinski definition) is 5. The number of fused-ring (bicyclic) bond motifs is 6. The van der Waals surface area contributed by atoms with Crippen LogP contribution in [0.3, 0.4) is 0 Å². The highest BCUT2D eigenvalue weighted by atomic mass is 32.1. The van der Waals surface area contributed by atoms with Gasteiger partial charge in [0.2, 0.25) is 0 Å². The van der Waals surface area contributed by atoms with E-state index < -0.39 is 0 Å². The summed E-state index contributed by atoms with van der Waals surface area (Å²) < 4.78 is 9.20. The van der Waals surface area contributed by atoms with Crippen molar-refractivity contribution in [3.05, 3.63) is 188 Å². The summed E-state index contributed by atoms with van der Waals surface area (Å²) in [6, 6.07) is 65.6. The van der Waals surface area contributed by atoms with E-state index in [2.05, 4.69) is 152 Å². The number of aromatic nitrogens is 3. The van der Waals surface area contributed by atoms with Gasteiger partial charge in [-0.3, -0.25) is 0 Å². The van der Waals surface area contributed by atoms with E-state index >= 15 is 0 Å². The Morgan fingerprint density at radius 2 is 0.821 bits per heavy atom. The van der Waals surface area contributed by atoms with Crippen molar-refractivity contribution in [2.24, 2.45) is 0 Å². The number of nitrogens with zero attached hydrogens (tertiary/aromatic N) is 3. The molecule has 0 unspecified atom stereocenters. The summed E-state index contributed by atoms with van der Waals surface area (Å²) in [4.78, 5) is 15.0. The highest BCUT2D eigenvalue weighted by molar-refractivity contribution is 7.26. The second-order valence-electron chi connectivity index (χ2n) is 14.0. The van der Waals surface area contributed by atoms with Crippen LogP contribution in [-0.2, 0) is 0 Å². The monoisotopic (exact) mass is 733 g/mol. The van der Waals surface area contributed by atoms with Crippen LogP contribution in [0.25, 0.3) is 110 Å². The summed E-state index contributed by atoms with van der Waals surface area (Å²) in [6.45, 7) is 0. The van der Waals surface area contributed by atoms with Gasteiger partial charge in [0.25, 0.3) is 0 Å². The normalized spacial score (nSPS) is 11.6. The number of benzene rings is 8. The molecular weight excluding hydrogens is 703 g/mol. The average molecular weight is 734 g/mol. The molecule has 0 aliphatic carbocycles. The first kappa shape index (κ1) is 32.2. The molecule has 0 atom stereocenters. The van der Waals surface area contributed by atoms with Crippen LogP contribution in [0, 0.1) is 0 Å². The summed E-state index contributed by atoms with van der Waals surface area (Å²) >= 11 is 1.85. The largest absolute Gasteiger partial charge is 0.456 e. The zero-order valence-electron chi connectivity index (χ0n) is 30.1. The highest BCUT2D eigenvalue weighted by Gasteiger charge is 2.18. The van der Waals surface area contributed by atoms with Gasteiger partial charge in [0.1, 0.15) is 11.2 Å². The number of thiophene rings is 1. The average Bonchev–Trinajstić information content (AvgIpc) is 3.85. The Labute approximate surface area is 327 Å². The van der Waals surface area contributed by atoms with Crippen molar-refractivity contribution in [2.45, 2.75) is 0 Å². The van der Waals surface area contributed by atoms with Gasteiger partial charge >= 0.3 is 0 Å². The van der Waals surface area contributed by atoms with Crippen molar-refractivity contribution in [3.8, 4) is 67.5 Å². The minimum atomic E-state index is 0.593. The second-order valence-corrected chi connectivity index (χ2v) is 15.0. The van der Waals surface area contributed by atoms with Crippen molar-refractivity contribution < 1.29 is 4.42 Å². The van der Waals surface area contributed by atoms with Gasteiger partial charge in [-0.25, -0.2) is 15.0 Å². The Balaban J connectivity index is 0.996. The minimum Gasteiger partial charge on any atom is -0.456 e. The number of rotatable bonds is 6. The topological polar surface area (TPSA) is 51.8 Å². The Hall–Kier alpha value is -7.21. The molecule has 3 aromatic heterocycles. The van der Waals surface area contributed by atoms with E-state index in [9.17, 15) is 0 Å². The Morgan fingerprint density at radius 1 is 0.339 bits per heavy atom. The molecule has 11 aromatic rings. The Morgan fingerprint density at radius 3 is 1.50 bits per heavy atom. The Bertz CT molecular complexity index is 3230. The lowest BCUT2D eigenvalue weighted by Gasteiger charge is -2.09. The van der Waals surface area contributed by atoms with Crippen LogP contribution >= 0.6 is 11.3 Å². The molecule has 0 aliphatic heterocycles. The number of hydrogen-bond donors (Lipinski definition) is 0. The summed E-state index contributed by atoms with van der Waals surface area (Å²) in [6.07, 6.45) is 0. The Kier molecular flexibility index (Phi) is 7.64. The molecular formula is C51H31N3OS. The third kappa shape index (κ3) is 5.56. The van der Waals surface area contributed by atoms with Crippen molar-refractivity contribution >= 4 is 53.4 Å². The third-order valence-corrected chi connectivity index (χ3v) is 11.8. The minimum absolute atomic E-state index is 0.593. The van der Waals surface area contributed by atoms with Gasteiger partial charge in [0.15, 0.2) is 17.5 Å². The van der Waals surface area contributed by atoms with Crippen molar-refractivity contribution in [1.29, 1.82) is 0 Å². The quantitative estimate of drug-likeness (QED) is 0.171. The van der Waals surface area contributed by atoms with Crippen LogP contribution in [-0.4, -0.2) is 15.0 Å². The zero-order chi connectivity index (χ0) is 37.0. The molecule has 0 N–H and O–H groups in total. The number of furan rings is 1. The van der Waals surface area contributed by atoms with E-state index in [-0.39, 0.29) is 0 Å². The SMILES string of the molecule is c1ccc(-c2ccc(-c3nc(-c4ccccc4)nc(-c4ccc5c(c4)oc4cc(-c6cccc7c6sc6cccc(-c8ccccc8)c67)ccc45)n3)cc2)cc1. The predicted molar refractivity (Wildman–Crippen MR) is 233 cm³/mol. The fraction of sp³-hybridized carbons (Fsp3) is 0. The molecule has 5 heteroatoms. The molecule has 0 radical (unpaired) electrons. The maximum atomic E-state index is 6.64. The van der Waals surface area contributed by atoms with Crippen molar-refractivity contribution in [1.82, 2.24) is 15.0 Å². The van der Waals surface area contributed by atoms with Gasteiger partial charge in [-0.15, -0.1) is 11.3 Å². The van der Waals surface area contributed by atoms with E-state index in [0.29, 0.717) is 17.5 Å². The molecule has 0 saturated carbocycles. The van der Waals surface area contributed by atoms with Crippen molar-refractivity contribution in [3.63, 3.8) is 0 Å². The summed E-state index contributed by atoms with van der Waals surface area (Å²) in [5.41, 5.74) is 11.5. The van der Waals surface area contributed by atoms with Gasteiger partial charge in [-0.05, 0) is 63.7 Å². The summed E-state index contributed by atoms with van der Waals surface area (Å²) in [5.74, 6) is 1.84. The molecule has 0 bridgehead atoms. The molecule has 0 aliphatic rings. The molecule has 262 valence electrons. The van der Waals surface area contributed by atoms with Gasteiger partial charge in [-0.1, -0.05) is 158 Å². The lowest BCUT2D eigenvalue weighted by Crippen LogP contribution is -2.00. The predicted octanol–water partition coefficient (Wildman–Crippen LogP) is 14.1. The van der Waals surface area contributed by atoms with Crippen LogP contribution in [0.1, 0.15) is 0 Å². The third-order valence-electron chi connectivity index (χ3n) is 10.6. The first-order valence-electron chi connectivity index (χ1n) is 18.7. The van der Waals surface area contributed by atoms with E-state index in [4.69, 9.17) is 19.4 Å². The van der Waals surface area contributed by atoms with Gasteiger partial charge in [0, 0.05) is 47.6 Å². The molecule has 8 aromatic carbocycles. The molecule has 3 heterocycles. The molecule has 0 fully saturated rings. The summed E-state index contributed by atoms with van der Waals surface area (Å²) in [5, 5.41) is 4.70. The lowest BCUT2D eigenvalue weighted by molar-refractivity contribution is 0.669. The lowest BCUT2D eigenvalue weighted by atomic mass is 9.97. The molecule has 0 spiro atoms. The van der Waals surface area contributed by atoms with Gasteiger partial charge < -0.3 is 4.42 Å². The molecule has 0 amide bonds. The second kappa shape index (κ2) is 13.3.